The van der Waals surface area contributed by atoms with Crippen LogP contribution in [0.2, 0.25) is 0 Å². The molecule has 1 N–H and O–H groups in total. The Hall–Kier alpha value is -3.09. The highest BCUT2D eigenvalue weighted by atomic mass is 16.5. The Morgan fingerprint density at radius 2 is 2.04 bits per heavy atom. The molecule has 130 valence electrons. The van der Waals surface area contributed by atoms with Crippen LogP contribution in [0.25, 0.3) is 11.0 Å². The number of nitrogens with zero attached hydrogens (tertiary/aromatic N) is 3. The molecule has 1 aromatic heterocycles. The monoisotopic (exact) mass is 340 g/mol. The molecule has 25 heavy (non-hydrogen) atoms. The van der Waals surface area contributed by atoms with Crippen molar-refractivity contribution >= 4 is 16.9 Å². The van der Waals surface area contributed by atoms with Gasteiger partial charge in [0, 0.05) is 6.54 Å². The normalized spacial score (nSPS) is 10.6. The van der Waals surface area contributed by atoms with Gasteiger partial charge in [-0.2, -0.15) is 0 Å². The lowest BCUT2D eigenvalue weighted by molar-refractivity contribution is -0.121. The van der Waals surface area contributed by atoms with Gasteiger partial charge in [-0.05, 0) is 36.8 Å². The van der Waals surface area contributed by atoms with Crippen molar-refractivity contribution in [2.45, 2.75) is 20.0 Å². The van der Waals surface area contributed by atoms with Crippen molar-refractivity contribution < 1.29 is 14.3 Å². The number of benzene rings is 2. The topological polar surface area (TPSA) is 78.3 Å². The Balaban J connectivity index is 1.62. The molecule has 0 unspecified atom stereocenters. The standard InChI is InChI=1S/C18H20N4O3/c1-3-25-16-9-8-13(10-17(16)24-2)11-19-18(23)12-22-15-7-5-4-6-14(15)20-21-22/h4-10H,3,11-12H2,1-2H3,(H,19,23). The summed E-state index contributed by atoms with van der Waals surface area (Å²) in [6, 6.07) is 13.1. The number of methoxy groups -OCH3 is 1. The van der Waals surface area contributed by atoms with Gasteiger partial charge in [0.25, 0.3) is 0 Å². The molecule has 0 fully saturated rings. The van der Waals surface area contributed by atoms with Gasteiger partial charge in [-0.1, -0.05) is 23.4 Å². The molecule has 7 heteroatoms. The number of rotatable bonds is 7. The number of aromatic nitrogens is 3. The number of para-hydroxylation sites is 1. The first-order valence-corrected chi connectivity index (χ1v) is 8.06. The van der Waals surface area contributed by atoms with E-state index >= 15 is 0 Å². The third-order valence-electron chi connectivity index (χ3n) is 3.73. The molecule has 3 rings (SSSR count). The largest absolute Gasteiger partial charge is 0.493 e. The maximum atomic E-state index is 12.2. The van der Waals surface area contributed by atoms with E-state index in [1.54, 1.807) is 11.8 Å². The summed E-state index contributed by atoms with van der Waals surface area (Å²) in [5, 5.41) is 10.9. The first-order chi connectivity index (χ1) is 12.2. The van der Waals surface area contributed by atoms with Crippen LogP contribution in [0.3, 0.4) is 0 Å². The summed E-state index contributed by atoms with van der Waals surface area (Å²) in [6.45, 7) is 3.00. The summed E-state index contributed by atoms with van der Waals surface area (Å²) in [5.74, 6) is 1.20. The highest BCUT2D eigenvalue weighted by molar-refractivity contribution is 5.79. The Bertz CT molecular complexity index is 876. The summed E-state index contributed by atoms with van der Waals surface area (Å²) >= 11 is 0. The fraction of sp³-hybridized carbons (Fsp3) is 0.278. The van der Waals surface area contributed by atoms with E-state index in [4.69, 9.17) is 9.47 Å². The molecule has 0 atom stereocenters. The van der Waals surface area contributed by atoms with Gasteiger partial charge in [-0.25, -0.2) is 4.68 Å². The number of amides is 1. The number of fused-ring (bicyclic) bond motifs is 1. The van der Waals surface area contributed by atoms with Crippen LogP contribution in [0.4, 0.5) is 0 Å². The zero-order valence-corrected chi connectivity index (χ0v) is 14.2. The summed E-state index contributed by atoms with van der Waals surface area (Å²) < 4.78 is 12.4. The van der Waals surface area contributed by atoms with Gasteiger partial charge in [0.1, 0.15) is 12.1 Å². The number of nitrogens with one attached hydrogen (secondary N) is 1. The second-order valence-corrected chi connectivity index (χ2v) is 5.43. The maximum Gasteiger partial charge on any atom is 0.242 e. The number of hydrogen-bond acceptors (Lipinski definition) is 5. The molecule has 0 aliphatic heterocycles. The minimum absolute atomic E-state index is 0.120. The highest BCUT2D eigenvalue weighted by Crippen LogP contribution is 2.27. The molecule has 0 saturated heterocycles. The Labute approximate surface area is 145 Å². The van der Waals surface area contributed by atoms with Crippen molar-refractivity contribution in [2.24, 2.45) is 0 Å². The fourth-order valence-electron chi connectivity index (χ4n) is 2.52. The smallest absolute Gasteiger partial charge is 0.242 e. The third kappa shape index (κ3) is 3.88. The van der Waals surface area contributed by atoms with E-state index in [1.165, 1.54) is 0 Å². The molecule has 0 saturated carbocycles. The van der Waals surface area contributed by atoms with E-state index in [0.29, 0.717) is 24.7 Å². The summed E-state index contributed by atoms with van der Waals surface area (Å²) in [5.41, 5.74) is 2.53. The van der Waals surface area contributed by atoms with Gasteiger partial charge < -0.3 is 14.8 Å². The van der Waals surface area contributed by atoms with E-state index in [0.717, 1.165) is 16.6 Å². The van der Waals surface area contributed by atoms with Crippen LogP contribution < -0.4 is 14.8 Å². The van der Waals surface area contributed by atoms with Crippen molar-refractivity contribution in [1.82, 2.24) is 20.3 Å². The van der Waals surface area contributed by atoms with Gasteiger partial charge in [0.05, 0.1) is 19.2 Å². The zero-order chi connectivity index (χ0) is 17.6. The van der Waals surface area contributed by atoms with Gasteiger partial charge in [0.2, 0.25) is 5.91 Å². The molecule has 1 heterocycles. The average molecular weight is 340 g/mol. The van der Waals surface area contributed by atoms with E-state index < -0.39 is 0 Å². The van der Waals surface area contributed by atoms with E-state index in [1.807, 2.05) is 49.4 Å². The van der Waals surface area contributed by atoms with Crippen molar-refractivity contribution in [2.75, 3.05) is 13.7 Å². The van der Waals surface area contributed by atoms with E-state index in [-0.39, 0.29) is 12.5 Å². The molecular formula is C18H20N4O3. The molecule has 1 amide bonds. The van der Waals surface area contributed by atoms with Crippen LogP contribution in [0.5, 0.6) is 11.5 Å². The predicted octanol–water partition coefficient (Wildman–Crippen LogP) is 2.15. The van der Waals surface area contributed by atoms with Crippen molar-refractivity contribution in [3.63, 3.8) is 0 Å². The molecule has 2 aromatic carbocycles. The lowest BCUT2D eigenvalue weighted by Crippen LogP contribution is -2.27. The predicted molar refractivity (Wildman–Crippen MR) is 93.5 cm³/mol. The van der Waals surface area contributed by atoms with E-state index in [2.05, 4.69) is 15.6 Å². The van der Waals surface area contributed by atoms with Gasteiger partial charge in [0.15, 0.2) is 11.5 Å². The van der Waals surface area contributed by atoms with Crippen LogP contribution >= 0.6 is 0 Å². The Morgan fingerprint density at radius 1 is 1.20 bits per heavy atom. The summed E-state index contributed by atoms with van der Waals surface area (Å²) in [6.07, 6.45) is 0. The van der Waals surface area contributed by atoms with Crippen LogP contribution in [0.15, 0.2) is 42.5 Å². The minimum Gasteiger partial charge on any atom is -0.493 e. The molecule has 3 aromatic rings. The third-order valence-corrected chi connectivity index (χ3v) is 3.73. The van der Waals surface area contributed by atoms with Crippen molar-refractivity contribution in [1.29, 1.82) is 0 Å². The number of hydrogen-bond donors (Lipinski definition) is 1. The van der Waals surface area contributed by atoms with Gasteiger partial charge >= 0.3 is 0 Å². The second kappa shape index (κ2) is 7.65. The quantitative estimate of drug-likeness (QED) is 0.713. The zero-order valence-electron chi connectivity index (χ0n) is 14.2. The minimum atomic E-state index is -0.136. The van der Waals surface area contributed by atoms with E-state index in [9.17, 15) is 4.79 Å². The second-order valence-electron chi connectivity index (χ2n) is 5.43. The van der Waals surface area contributed by atoms with Crippen molar-refractivity contribution in [3.8, 4) is 11.5 Å². The molecule has 0 spiro atoms. The number of carbonyl (C=O) groups is 1. The molecule has 7 nitrogen and oxygen atoms in total. The molecule has 0 radical (unpaired) electrons. The first-order valence-electron chi connectivity index (χ1n) is 8.06. The van der Waals surface area contributed by atoms with Gasteiger partial charge in [-0.3, -0.25) is 4.79 Å². The summed E-state index contributed by atoms with van der Waals surface area (Å²) in [7, 11) is 1.59. The van der Waals surface area contributed by atoms with Crippen LogP contribution in [-0.4, -0.2) is 34.6 Å². The highest BCUT2D eigenvalue weighted by Gasteiger charge is 2.10. The van der Waals surface area contributed by atoms with Gasteiger partial charge in [-0.15, -0.1) is 5.10 Å². The Kier molecular flexibility index (Phi) is 5.13. The first kappa shape index (κ1) is 16.8. The van der Waals surface area contributed by atoms with Crippen LogP contribution in [0, 0.1) is 0 Å². The lowest BCUT2D eigenvalue weighted by atomic mass is 10.2. The number of ether oxygens (including phenoxy) is 2. The lowest BCUT2D eigenvalue weighted by Gasteiger charge is -2.11. The molecule has 0 aliphatic carbocycles. The number of carbonyl (C=O) groups excluding carboxylic acids is 1. The summed E-state index contributed by atoms with van der Waals surface area (Å²) in [4.78, 5) is 12.2. The molecular weight excluding hydrogens is 320 g/mol. The molecule has 0 bridgehead atoms. The van der Waals surface area contributed by atoms with Crippen molar-refractivity contribution in [3.05, 3.63) is 48.0 Å². The van der Waals surface area contributed by atoms with Crippen LogP contribution in [0.1, 0.15) is 12.5 Å². The fourth-order valence-corrected chi connectivity index (χ4v) is 2.52. The van der Waals surface area contributed by atoms with Crippen LogP contribution in [-0.2, 0) is 17.9 Å². The molecule has 0 aliphatic rings. The average Bonchev–Trinajstić information content (AvgIpc) is 3.04. The SMILES string of the molecule is CCOc1ccc(CNC(=O)Cn2nnc3ccccc32)cc1OC. The maximum absolute atomic E-state index is 12.2. The Morgan fingerprint density at radius 3 is 2.84 bits per heavy atom.